The van der Waals surface area contributed by atoms with Crippen LogP contribution in [0.25, 0.3) is 17.4 Å². The molecule has 140 valence electrons. The number of benzene rings is 1. The second-order valence-electron chi connectivity index (χ2n) is 5.89. The molecule has 5 nitrogen and oxygen atoms in total. The Balaban J connectivity index is 1.55. The first-order valence-corrected chi connectivity index (χ1v) is 10.2. The average Bonchev–Trinajstić information content (AvgIpc) is 3.23. The van der Waals surface area contributed by atoms with Crippen molar-refractivity contribution in [3.8, 4) is 11.3 Å². The van der Waals surface area contributed by atoms with E-state index in [0.717, 1.165) is 5.56 Å². The predicted molar refractivity (Wildman–Crippen MR) is 112 cm³/mol. The zero-order valence-electron chi connectivity index (χ0n) is 14.0. The number of amides is 1. The monoisotopic (exact) mass is 440 g/mol. The largest absolute Gasteiger partial charge is 0.457 e. The van der Waals surface area contributed by atoms with E-state index in [2.05, 4.69) is 0 Å². The summed E-state index contributed by atoms with van der Waals surface area (Å²) in [7, 11) is 0. The van der Waals surface area contributed by atoms with Gasteiger partial charge < -0.3 is 9.15 Å². The molecule has 9 heteroatoms. The van der Waals surface area contributed by atoms with E-state index in [9.17, 15) is 4.79 Å². The van der Waals surface area contributed by atoms with Crippen molar-refractivity contribution < 1.29 is 13.9 Å². The third-order valence-corrected chi connectivity index (χ3v) is 6.17. The van der Waals surface area contributed by atoms with Gasteiger partial charge in [-0.25, -0.2) is 10.0 Å². The van der Waals surface area contributed by atoms with Crippen LogP contribution in [0.1, 0.15) is 5.76 Å². The van der Waals surface area contributed by atoms with Crippen molar-refractivity contribution >= 4 is 63.5 Å². The number of morpholine rings is 1. The molecule has 2 aromatic rings. The number of hydrogen-bond acceptors (Lipinski definition) is 6. The number of carbonyl (C=O) groups is 1. The lowest BCUT2D eigenvalue weighted by atomic mass is 10.2. The molecule has 3 heterocycles. The van der Waals surface area contributed by atoms with Crippen LogP contribution in [0.15, 0.2) is 39.7 Å². The summed E-state index contributed by atoms with van der Waals surface area (Å²) in [6.45, 7) is 2.45. The van der Waals surface area contributed by atoms with Crippen LogP contribution in [0.2, 0.25) is 10.0 Å². The number of halogens is 2. The number of thioether (sulfide) groups is 1. The fourth-order valence-electron chi connectivity index (χ4n) is 2.82. The fourth-order valence-corrected chi connectivity index (χ4v) is 4.41. The van der Waals surface area contributed by atoms with Gasteiger partial charge in [-0.05, 0) is 30.3 Å². The van der Waals surface area contributed by atoms with Crippen molar-refractivity contribution in [1.82, 2.24) is 10.0 Å². The third-order valence-electron chi connectivity index (χ3n) is 4.15. The zero-order valence-corrected chi connectivity index (χ0v) is 17.1. The minimum absolute atomic E-state index is 0.139. The highest BCUT2D eigenvalue weighted by atomic mass is 35.5. The molecule has 1 aromatic heterocycles. The summed E-state index contributed by atoms with van der Waals surface area (Å²) in [5.74, 6) is 1.07. The van der Waals surface area contributed by atoms with Crippen molar-refractivity contribution in [2.75, 3.05) is 26.3 Å². The van der Waals surface area contributed by atoms with Gasteiger partial charge in [0.15, 0.2) is 4.32 Å². The smallest absolute Gasteiger partial charge is 0.281 e. The molecule has 0 unspecified atom stereocenters. The van der Waals surface area contributed by atoms with Crippen LogP contribution in [0, 0.1) is 0 Å². The minimum atomic E-state index is -0.139. The van der Waals surface area contributed by atoms with Crippen LogP contribution in [0.5, 0.6) is 0 Å². The van der Waals surface area contributed by atoms with E-state index in [0.29, 0.717) is 57.1 Å². The molecule has 0 radical (unpaired) electrons. The van der Waals surface area contributed by atoms with Crippen molar-refractivity contribution in [2.45, 2.75) is 0 Å². The first-order valence-electron chi connectivity index (χ1n) is 8.19. The molecule has 2 fully saturated rings. The second kappa shape index (κ2) is 7.95. The van der Waals surface area contributed by atoms with E-state index in [1.807, 2.05) is 17.1 Å². The normalized spacial score (nSPS) is 20.1. The molecule has 0 bridgehead atoms. The van der Waals surface area contributed by atoms with Gasteiger partial charge in [0, 0.05) is 24.7 Å². The van der Waals surface area contributed by atoms with Crippen LogP contribution in [-0.2, 0) is 9.53 Å². The Kier molecular flexibility index (Phi) is 5.59. The molecule has 1 aromatic carbocycles. The quantitative estimate of drug-likeness (QED) is 0.508. The highest BCUT2D eigenvalue weighted by molar-refractivity contribution is 8.26. The maximum Gasteiger partial charge on any atom is 0.281 e. The molecule has 4 rings (SSSR count). The lowest BCUT2D eigenvalue weighted by Crippen LogP contribution is -2.50. The van der Waals surface area contributed by atoms with Crippen LogP contribution in [0.4, 0.5) is 0 Å². The van der Waals surface area contributed by atoms with Crippen LogP contribution in [0.3, 0.4) is 0 Å². The highest BCUT2D eigenvalue weighted by Gasteiger charge is 2.37. The Morgan fingerprint density at radius 2 is 1.89 bits per heavy atom. The molecular formula is C18H14Cl2N2O3S2. The maximum absolute atomic E-state index is 12.8. The maximum atomic E-state index is 12.8. The van der Waals surface area contributed by atoms with Crippen molar-refractivity contribution in [3.05, 3.63) is 51.0 Å². The molecule has 1 amide bonds. The Morgan fingerprint density at radius 3 is 2.63 bits per heavy atom. The summed E-state index contributed by atoms with van der Waals surface area (Å²) in [5.41, 5.74) is 0.810. The van der Waals surface area contributed by atoms with E-state index in [1.54, 1.807) is 29.3 Å². The summed E-state index contributed by atoms with van der Waals surface area (Å²) in [5, 5.41) is 4.42. The number of hydrazine groups is 1. The molecule has 27 heavy (non-hydrogen) atoms. The molecule has 0 aliphatic carbocycles. The fraction of sp³-hybridized carbons (Fsp3) is 0.222. The number of hydrogen-bond donors (Lipinski definition) is 0. The topological polar surface area (TPSA) is 45.9 Å². The van der Waals surface area contributed by atoms with Gasteiger partial charge in [-0.15, -0.1) is 0 Å². The highest BCUT2D eigenvalue weighted by Crippen LogP contribution is 2.35. The number of nitrogens with zero attached hydrogens (tertiary/aromatic N) is 2. The summed E-state index contributed by atoms with van der Waals surface area (Å²) in [6, 6.07) is 8.92. The molecule has 0 spiro atoms. The van der Waals surface area contributed by atoms with Gasteiger partial charge in [0.1, 0.15) is 11.5 Å². The van der Waals surface area contributed by atoms with Gasteiger partial charge in [-0.3, -0.25) is 4.79 Å². The first-order chi connectivity index (χ1) is 13.0. The van der Waals surface area contributed by atoms with E-state index < -0.39 is 0 Å². The zero-order chi connectivity index (χ0) is 19.0. The van der Waals surface area contributed by atoms with Crippen molar-refractivity contribution in [1.29, 1.82) is 0 Å². The number of rotatable bonds is 3. The van der Waals surface area contributed by atoms with Gasteiger partial charge >= 0.3 is 0 Å². The molecule has 2 aliphatic heterocycles. The average molecular weight is 441 g/mol. The number of carbonyl (C=O) groups excluding carboxylic acids is 1. The molecule has 0 saturated carbocycles. The lowest BCUT2D eigenvalue weighted by Gasteiger charge is -2.33. The lowest BCUT2D eigenvalue weighted by molar-refractivity contribution is -0.138. The van der Waals surface area contributed by atoms with Gasteiger partial charge in [-0.1, -0.05) is 47.2 Å². The standard InChI is InChI=1S/C18H14Cl2N2O3S2/c19-13-3-1-11(9-14(13)20)15-4-2-12(25-15)10-16-17(23)22(18(26)27-16)21-5-7-24-8-6-21/h1-4,9-10H,5-8H2. The van der Waals surface area contributed by atoms with E-state index in [4.69, 9.17) is 44.6 Å². The SMILES string of the molecule is O=C1C(=Cc2ccc(-c3ccc(Cl)c(Cl)c3)o2)SC(=S)N1N1CCOCC1. The minimum Gasteiger partial charge on any atom is -0.457 e. The van der Waals surface area contributed by atoms with Crippen LogP contribution >= 0.6 is 47.2 Å². The van der Waals surface area contributed by atoms with Crippen molar-refractivity contribution in [2.24, 2.45) is 0 Å². The van der Waals surface area contributed by atoms with Crippen LogP contribution < -0.4 is 0 Å². The van der Waals surface area contributed by atoms with Crippen LogP contribution in [-0.4, -0.2) is 46.5 Å². The number of furan rings is 1. The Labute approximate surface area is 175 Å². The predicted octanol–water partition coefficient (Wildman–Crippen LogP) is 4.70. The Bertz CT molecular complexity index is 938. The molecular weight excluding hydrogens is 427 g/mol. The number of ether oxygens (including phenoxy) is 1. The van der Waals surface area contributed by atoms with Crippen molar-refractivity contribution in [3.63, 3.8) is 0 Å². The molecule has 2 saturated heterocycles. The van der Waals surface area contributed by atoms with Gasteiger partial charge in [0.25, 0.3) is 5.91 Å². The summed E-state index contributed by atoms with van der Waals surface area (Å²) in [6.07, 6.45) is 1.71. The second-order valence-corrected chi connectivity index (χ2v) is 8.38. The molecule has 0 atom stereocenters. The van der Waals surface area contributed by atoms with E-state index >= 15 is 0 Å². The summed E-state index contributed by atoms with van der Waals surface area (Å²) >= 11 is 18.7. The number of thiocarbonyl (C=S) groups is 1. The Morgan fingerprint density at radius 1 is 1.11 bits per heavy atom. The Hall–Kier alpha value is -1.35. The third kappa shape index (κ3) is 3.94. The molecule has 0 N–H and O–H groups in total. The summed E-state index contributed by atoms with van der Waals surface area (Å²) in [4.78, 5) is 13.3. The summed E-state index contributed by atoms with van der Waals surface area (Å²) < 4.78 is 11.7. The van der Waals surface area contributed by atoms with E-state index in [-0.39, 0.29) is 5.91 Å². The van der Waals surface area contributed by atoms with Gasteiger partial charge in [0.2, 0.25) is 0 Å². The van der Waals surface area contributed by atoms with Gasteiger partial charge in [0.05, 0.1) is 28.2 Å². The molecule has 2 aliphatic rings. The van der Waals surface area contributed by atoms with Gasteiger partial charge in [-0.2, -0.15) is 0 Å². The van der Waals surface area contributed by atoms with E-state index in [1.165, 1.54) is 11.8 Å². The first kappa shape index (κ1) is 19.0.